The molecule has 0 N–H and O–H groups in total. The van der Waals surface area contributed by atoms with Crippen LogP contribution in [0.25, 0.3) is 0 Å². The maximum absolute atomic E-state index is 13.8. The third kappa shape index (κ3) is 3.89. The monoisotopic (exact) mass is 336 g/mol. The highest BCUT2D eigenvalue weighted by Crippen LogP contribution is 2.39. The lowest BCUT2D eigenvalue weighted by molar-refractivity contribution is -0.148. The van der Waals surface area contributed by atoms with E-state index in [2.05, 4.69) is 20.7 Å². The van der Waals surface area contributed by atoms with E-state index in [9.17, 15) is 13.6 Å². The number of methoxy groups -OCH3 is 1. The van der Waals surface area contributed by atoms with E-state index in [1.54, 1.807) is 6.07 Å². The van der Waals surface area contributed by atoms with Crippen molar-refractivity contribution >= 4 is 21.9 Å². The Balaban J connectivity index is 3.11. The van der Waals surface area contributed by atoms with Crippen LogP contribution >= 0.6 is 15.9 Å². The Morgan fingerprint density at radius 3 is 2.63 bits per heavy atom. The van der Waals surface area contributed by atoms with Gasteiger partial charge in [0.25, 0.3) is 5.92 Å². The molecular weight excluding hydrogens is 322 g/mol. The molecule has 3 nitrogen and oxygen atoms in total. The van der Waals surface area contributed by atoms with Crippen molar-refractivity contribution in [1.82, 2.24) is 0 Å². The van der Waals surface area contributed by atoms with Crippen LogP contribution in [0.3, 0.4) is 0 Å². The summed E-state index contributed by atoms with van der Waals surface area (Å²) in [6, 6.07) is 4.28. The Morgan fingerprint density at radius 1 is 1.47 bits per heavy atom. The molecule has 6 heteroatoms. The Morgan fingerprint density at radius 2 is 2.11 bits per heavy atom. The predicted molar refractivity (Wildman–Crippen MR) is 70.4 cm³/mol. The van der Waals surface area contributed by atoms with E-state index in [0.29, 0.717) is 4.47 Å². The fourth-order valence-electron chi connectivity index (χ4n) is 1.49. The van der Waals surface area contributed by atoms with E-state index in [0.717, 1.165) is 0 Å². The highest BCUT2D eigenvalue weighted by molar-refractivity contribution is 9.10. The highest BCUT2D eigenvalue weighted by atomic mass is 79.9. The molecule has 106 valence electrons. The van der Waals surface area contributed by atoms with Gasteiger partial charge in [0, 0.05) is 10.9 Å². The Labute approximate surface area is 119 Å². The van der Waals surface area contributed by atoms with Crippen LogP contribution in [-0.4, -0.2) is 19.2 Å². The molecule has 0 fully saturated rings. The SMILES string of the molecule is CCC(F)(F)c1cc(Br)ccc1O[C@@H](C)C(=O)OC. The Bertz CT molecular complexity index is 463. The molecule has 0 amide bonds. The summed E-state index contributed by atoms with van der Waals surface area (Å²) in [5.41, 5.74) is -0.250. The van der Waals surface area contributed by atoms with Gasteiger partial charge in [-0.25, -0.2) is 13.6 Å². The number of alkyl halides is 2. The first-order valence-electron chi connectivity index (χ1n) is 5.74. The molecule has 1 atom stereocenters. The normalized spacial score (nSPS) is 12.9. The lowest BCUT2D eigenvalue weighted by Crippen LogP contribution is -2.26. The fourth-order valence-corrected chi connectivity index (χ4v) is 1.85. The van der Waals surface area contributed by atoms with Crippen LogP contribution in [0.1, 0.15) is 25.8 Å². The lowest BCUT2D eigenvalue weighted by Gasteiger charge is -2.21. The van der Waals surface area contributed by atoms with Gasteiger partial charge in [0.05, 0.1) is 12.7 Å². The quantitative estimate of drug-likeness (QED) is 0.765. The number of esters is 1. The molecule has 0 radical (unpaired) electrons. The third-order valence-electron chi connectivity index (χ3n) is 2.62. The standard InChI is InChI=1S/C13H15BrF2O3/c1-4-13(15,16)10-7-9(14)5-6-11(10)19-8(2)12(17)18-3/h5-8H,4H2,1-3H3/t8-/m0/s1. The number of carbonyl (C=O) groups excluding carboxylic acids is 1. The molecule has 0 bridgehead atoms. The van der Waals surface area contributed by atoms with Gasteiger partial charge in [0.1, 0.15) is 5.75 Å². The summed E-state index contributed by atoms with van der Waals surface area (Å²) < 4.78 is 38.0. The van der Waals surface area contributed by atoms with E-state index in [1.807, 2.05) is 0 Å². The van der Waals surface area contributed by atoms with Gasteiger partial charge >= 0.3 is 5.97 Å². The van der Waals surface area contributed by atoms with Crippen molar-refractivity contribution in [2.24, 2.45) is 0 Å². The van der Waals surface area contributed by atoms with Crippen LogP contribution in [0.2, 0.25) is 0 Å². The molecule has 0 unspecified atom stereocenters. The van der Waals surface area contributed by atoms with Crippen molar-refractivity contribution in [3.63, 3.8) is 0 Å². The van der Waals surface area contributed by atoms with Crippen molar-refractivity contribution in [1.29, 1.82) is 0 Å². The number of ether oxygens (including phenoxy) is 2. The number of halogens is 3. The molecule has 1 rings (SSSR count). The number of carbonyl (C=O) groups is 1. The van der Waals surface area contributed by atoms with E-state index < -0.39 is 18.0 Å². The molecule has 0 saturated carbocycles. The van der Waals surface area contributed by atoms with Gasteiger partial charge in [-0.2, -0.15) is 0 Å². The third-order valence-corrected chi connectivity index (χ3v) is 3.11. The van der Waals surface area contributed by atoms with E-state index >= 15 is 0 Å². The molecule has 0 aliphatic carbocycles. The first kappa shape index (κ1) is 15.9. The molecule has 0 heterocycles. The first-order chi connectivity index (χ1) is 8.81. The van der Waals surface area contributed by atoms with Crippen LogP contribution in [0.5, 0.6) is 5.75 Å². The van der Waals surface area contributed by atoms with E-state index in [-0.39, 0.29) is 17.7 Å². The number of hydrogen-bond acceptors (Lipinski definition) is 3. The average molecular weight is 337 g/mol. The molecule has 0 spiro atoms. The number of hydrogen-bond donors (Lipinski definition) is 0. The molecule has 1 aromatic carbocycles. The van der Waals surface area contributed by atoms with Gasteiger partial charge in [-0.05, 0) is 25.1 Å². The predicted octanol–water partition coefficient (Wildman–Crippen LogP) is 3.89. The summed E-state index contributed by atoms with van der Waals surface area (Å²) in [5, 5.41) is 0. The van der Waals surface area contributed by atoms with Crippen molar-refractivity contribution in [2.45, 2.75) is 32.3 Å². The second kappa shape index (κ2) is 6.32. The first-order valence-corrected chi connectivity index (χ1v) is 6.53. The smallest absolute Gasteiger partial charge is 0.346 e. The van der Waals surface area contributed by atoms with Gasteiger partial charge in [-0.15, -0.1) is 0 Å². The molecule has 0 aromatic heterocycles. The minimum absolute atomic E-state index is 0.0204. The van der Waals surface area contributed by atoms with Crippen LogP contribution in [0.4, 0.5) is 8.78 Å². The van der Waals surface area contributed by atoms with Gasteiger partial charge < -0.3 is 9.47 Å². The molecule has 1 aromatic rings. The van der Waals surface area contributed by atoms with Crippen LogP contribution in [0, 0.1) is 0 Å². The van der Waals surface area contributed by atoms with Crippen LogP contribution in [0.15, 0.2) is 22.7 Å². The van der Waals surface area contributed by atoms with E-state index in [1.165, 1.54) is 33.1 Å². The second-order valence-electron chi connectivity index (χ2n) is 3.98. The number of benzene rings is 1. The van der Waals surface area contributed by atoms with Gasteiger partial charge in [-0.3, -0.25) is 0 Å². The van der Waals surface area contributed by atoms with Crippen molar-refractivity contribution in [3.05, 3.63) is 28.2 Å². The minimum atomic E-state index is -3.02. The lowest BCUT2D eigenvalue weighted by atomic mass is 10.1. The topological polar surface area (TPSA) is 35.5 Å². The van der Waals surface area contributed by atoms with Gasteiger partial charge in [0.2, 0.25) is 0 Å². The zero-order chi connectivity index (χ0) is 14.6. The Kier molecular flexibility index (Phi) is 5.29. The molecule has 19 heavy (non-hydrogen) atoms. The minimum Gasteiger partial charge on any atom is -0.479 e. The van der Waals surface area contributed by atoms with Crippen LogP contribution < -0.4 is 4.74 Å². The molecule has 0 aliphatic rings. The summed E-state index contributed by atoms with van der Waals surface area (Å²) in [6.45, 7) is 2.83. The summed E-state index contributed by atoms with van der Waals surface area (Å²) in [6.07, 6.45) is -1.30. The average Bonchev–Trinajstić information content (AvgIpc) is 2.39. The van der Waals surface area contributed by atoms with Gasteiger partial charge in [0.15, 0.2) is 6.10 Å². The van der Waals surface area contributed by atoms with Gasteiger partial charge in [-0.1, -0.05) is 22.9 Å². The summed E-state index contributed by atoms with van der Waals surface area (Å²) in [4.78, 5) is 11.3. The van der Waals surface area contributed by atoms with E-state index in [4.69, 9.17) is 4.74 Å². The van der Waals surface area contributed by atoms with Crippen molar-refractivity contribution < 1.29 is 23.0 Å². The highest BCUT2D eigenvalue weighted by Gasteiger charge is 2.33. The summed E-state index contributed by atoms with van der Waals surface area (Å²) >= 11 is 3.15. The Hall–Kier alpha value is -1.17. The second-order valence-corrected chi connectivity index (χ2v) is 4.90. The zero-order valence-corrected chi connectivity index (χ0v) is 12.5. The molecule has 0 saturated heterocycles. The van der Waals surface area contributed by atoms with Crippen molar-refractivity contribution in [2.75, 3.05) is 7.11 Å². The maximum atomic E-state index is 13.8. The zero-order valence-electron chi connectivity index (χ0n) is 10.9. The van der Waals surface area contributed by atoms with Crippen molar-refractivity contribution in [3.8, 4) is 5.75 Å². The summed E-state index contributed by atoms with van der Waals surface area (Å²) in [7, 11) is 1.21. The van der Waals surface area contributed by atoms with Crippen LogP contribution in [-0.2, 0) is 15.5 Å². The largest absolute Gasteiger partial charge is 0.479 e. The maximum Gasteiger partial charge on any atom is 0.346 e. The molecular formula is C13H15BrF2O3. The molecule has 0 aliphatic heterocycles. The fraction of sp³-hybridized carbons (Fsp3) is 0.462. The number of rotatable bonds is 5. The summed E-state index contributed by atoms with van der Waals surface area (Å²) in [5.74, 6) is -3.66.